The third-order valence-corrected chi connectivity index (χ3v) is 3.96. The van der Waals surface area contributed by atoms with E-state index in [0.717, 1.165) is 16.9 Å². The molecule has 0 aromatic carbocycles. The summed E-state index contributed by atoms with van der Waals surface area (Å²) in [6.07, 6.45) is 0.397. The van der Waals surface area contributed by atoms with Crippen LogP contribution in [0.25, 0.3) is 0 Å². The van der Waals surface area contributed by atoms with Crippen LogP contribution < -0.4 is 5.73 Å². The monoisotopic (exact) mass is 271 g/mol. The van der Waals surface area contributed by atoms with Crippen molar-refractivity contribution in [3.05, 3.63) is 27.1 Å². The van der Waals surface area contributed by atoms with Crippen LogP contribution in [0, 0.1) is 10.1 Å². The number of hydrogen-bond donors (Lipinski definition) is 2. The van der Waals surface area contributed by atoms with E-state index < -0.39 is 16.4 Å². The van der Waals surface area contributed by atoms with Crippen LogP contribution in [0.1, 0.15) is 12.0 Å². The van der Waals surface area contributed by atoms with Crippen LogP contribution in [0.5, 0.6) is 0 Å². The number of nitro groups is 1. The molecule has 1 atom stereocenters. The molecule has 0 aliphatic carbocycles. The van der Waals surface area contributed by atoms with E-state index in [4.69, 9.17) is 10.8 Å². The summed E-state index contributed by atoms with van der Waals surface area (Å²) in [6.45, 7) is 1.36. The van der Waals surface area contributed by atoms with Gasteiger partial charge in [0.1, 0.15) is 5.54 Å². The Kier molecular flexibility index (Phi) is 3.33. The Balaban J connectivity index is 1.99. The molecule has 1 aliphatic heterocycles. The second-order valence-electron chi connectivity index (χ2n) is 4.47. The van der Waals surface area contributed by atoms with Gasteiger partial charge in [0.25, 0.3) is 0 Å². The van der Waals surface area contributed by atoms with Crippen LogP contribution in [-0.2, 0) is 11.3 Å². The fourth-order valence-electron chi connectivity index (χ4n) is 2.02. The number of nitrogens with two attached hydrogens (primary N) is 1. The second kappa shape index (κ2) is 4.63. The predicted molar refractivity (Wildman–Crippen MR) is 65.4 cm³/mol. The molecule has 8 heteroatoms. The quantitative estimate of drug-likeness (QED) is 0.614. The highest BCUT2D eigenvalue weighted by Crippen LogP contribution is 2.26. The highest BCUT2D eigenvalue weighted by atomic mass is 32.1. The van der Waals surface area contributed by atoms with Crippen molar-refractivity contribution in [2.45, 2.75) is 18.5 Å². The molecule has 1 aromatic rings. The first-order valence-corrected chi connectivity index (χ1v) is 6.25. The number of rotatable bonds is 4. The first kappa shape index (κ1) is 12.9. The highest BCUT2D eigenvalue weighted by molar-refractivity contribution is 7.13. The Morgan fingerprint density at radius 3 is 2.94 bits per heavy atom. The summed E-state index contributed by atoms with van der Waals surface area (Å²) in [5.41, 5.74) is 5.38. The van der Waals surface area contributed by atoms with Crippen LogP contribution in [0.3, 0.4) is 0 Å². The number of carboxylic acid groups (broad SMARTS) is 1. The number of carboxylic acids is 1. The lowest BCUT2D eigenvalue weighted by molar-refractivity contribution is -0.380. The summed E-state index contributed by atoms with van der Waals surface area (Å²) in [7, 11) is 0. The smallest absolute Gasteiger partial charge is 0.325 e. The van der Waals surface area contributed by atoms with Gasteiger partial charge in [0, 0.05) is 31.1 Å². The van der Waals surface area contributed by atoms with Gasteiger partial charge in [0.05, 0.1) is 4.92 Å². The lowest BCUT2D eigenvalue weighted by atomic mass is 10.0. The molecule has 3 N–H and O–H groups in total. The largest absolute Gasteiger partial charge is 0.480 e. The summed E-state index contributed by atoms with van der Waals surface area (Å²) in [5.74, 6) is -0.999. The number of hydrogen-bond acceptors (Lipinski definition) is 6. The van der Waals surface area contributed by atoms with Gasteiger partial charge in [-0.3, -0.25) is 19.8 Å². The number of thiophene rings is 1. The van der Waals surface area contributed by atoms with E-state index in [2.05, 4.69) is 0 Å². The van der Waals surface area contributed by atoms with E-state index in [1.54, 1.807) is 5.38 Å². The lowest BCUT2D eigenvalue weighted by Gasteiger charge is -2.19. The molecule has 0 radical (unpaired) electrons. The van der Waals surface area contributed by atoms with Gasteiger partial charge in [-0.25, -0.2) is 0 Å². The molecular weight excluding hydrogens is 258 g/mol. The number of likely N-dealkylation sites (tertiary alicyclic amines) is 1. The molecule has 0 bridgehead atoms. The zero-order valence-electron chi connectivity index (χ0n) is 9.54. The van der Waals surface area contributed by atoms with Crippen molar-refractivity contribution >= 4 is 22.3 Å². The average molecular weight is 271 g/mol. The Hall–Kier alpha value is -1.51. The predicted octanol–water partition coefficient (Wildman–Crippen LogP) is 0.644. The van der Waals surface area contributed by atoms with Crippen LogP contribution in [-0.4, -0.2) is 39.5 Å². The first-order chi connectivity index (χ1) is 8.40. The van der Waals surface area contributed by atoms with Gasteiger partial charge in [-0.15, -0.1) is 0 Å². The molecule has 2 heterocycles. The second-order valence-corrected chi connectivity index (χ2v) is 5.36. The minimum Gasteiger partial charge on any atom is -0.480 e. The molecule has 7 nitrogen and oxygen atoms in total. The van der Waals surface area contributed by atoms with E-state index in [0.29, 0.717) is 19.5 Å². The molecule has 98 valence electrons. The fourth-order valence-corrected chi connectivity index (χ4v) is 2.74. The SMILES string of the molecule is NC1(C(=O)O)CCN(Cc2csc([N+](=O)[O-])c2)C1. The zero-order chi connectivity index (χ0) is 13.3. The lowest BCUT2D eigenvalue weighted by Crippen LogP contribution is -2.49. The van der Waals surface area contributed by atoms with Gasteiger partial charge in [-0.2, -0.15) is 0 Å². The van der Waals surface area contributed by atoms with E-state index in [1.807, 2.05) is 4.90 Å². The van der Waals surface area contributed by atoms with Crippen molar-refractivity contribution in [2.75, 3.05) is 13.1 Å². The Bertz CT molecular complexity index is 489. The van der Waals surface area contributed by atoms with Crippen molar-refractivity contribution in [1.82, 2.24) is 4.90 Å². The fraction of sp³-hybridized carbons (Fsp3) is 0.500. The van der Waals surface area contributed by atoms with E-state index in [-0.39, 0.29) is 11.5 Å². The van der Waals surface area contributed by atoms with Crippen LogP contribution in [0.2, 0.25) is 0 Å². The molecule has 1 saturated heterocycles. The molecule has 1 unspecified atom stereocenters. The van der Waals surface area contributed by atoms with Crippen molar-refractivity contribution in [2.24, 2.45) is 5.73 Å². The highest BCUT2D eigenvalue weighted by Gasteiger charge is 2.41. The molecule has 0 amide bonds. The maximum Gasteiger partial charge on any atom is 0.325 e. The summed E-state index contributed by atoms with van der Waals surface area (Å²) in [6, 6.07) is 1.52. The molecule has 0 saturated carbocycles. The number of aliphatic carboxylic acids is 1. The first-order valence-electron chi connectivity index (χ1n) is 5.37. The van der Waals surface area contributed by atoms with E-state index in [1.165, 1.54) is 6.07 Å². The standard InChI is InChI=1S/C10H13N3O4S/c11-10(9(14)15)1-2-12(6-10)4-7-3-8(13(16)17)18-5-7/h3,5H,1-2,4,6,11H2,(H,14,15). The molecule has 1 fully saturated rings. The minimum absolute atomic E-state index is 0.0986. The number of carbonyl (C=O) groups is 1. The van der Waals surface area contributed by atoms with Gasteiger partial charge in [-0.1, -0.05) is 11.3 Å². The zero-order valence-corrected chi connectivity index (χ0v) is 10.4. The minimum atomic E-state index is -1.19. The van der Waals surface area contributed by atoms with Crippen LogP contribution in [0.15, 0.2) is 11.4 Å². The van der Waals surface area contributed by atoms with Crippen LogP contribution >= 0.6 is 11.3 Å². The van der Waals surface area contributed by atoms with Crippen molar-refractivity contribution < 1.29 is 14.8 Å². The molecular formula is C10H13N3O4S. The summed E-state index contributed by atoms with van der Waals surface area (Å²) < 4.78 is 0. The third kappa shape index (κ3) is 2.50. The van der Waals surface area contributed by atoms with Crippen molar-refractivity contribution in [1.29, 1.82) is 0 Å². The third-order valence-electron chi connectivity index (χ3n) is 3.03. The van der Waals surface area contributed by atoms with Gasteiger partial charge in [0.15, 0.2) is 0 Å². The topological polar surface area (TPSA) is 110 Å². The van der Waals surface area contributed by atoms with Gasteiger partial charge < -0.3 is 10.8 Å². The molecule has 0 spiro atoms. The number of nitrogens with zero attached hydrogens (tertiary/aromatic N) is 2. The molecule has 2 rings (SSSR count). The van der Waals surface area contributed by atoms with Crippen molar-refractivity contribution in [3.63, 3.8) is 0 Å². The van der Waals surface area contributed by atoms with E-state index >= 15 is 0 Å². The summed E-state index contributed by atoms with van der Waals surface area (Å²) in [4.78, 5) is 23.0. The summed E-state index contributed by atoms with van der Waals surface area (Å²) in [5, 5.41) is 21.4. The summed E-state index contributed by atoms with van der Waals surface area (Å²) >= 11 is 1.07. The van der Waals surface area contributed by atoms with Gasteiger partial charge in [-0.05, 0) is 12.0 Å². The van der Waals surface area contributed by atoms with E-state index in [9.17, 15) is 14.9 Å². The normalized spacial score (nSPS) is 24.3. The maximum absolute atomic E-state index is 11.0. The Morgan fingerprint density at radius 1 is 1.72 bits per heavy atom. The average Bonchev–Trinajstić information content (AvgIpc) is 2.87. The Labute approximate surface area is 107 Å². The van der Waals surface area contributed by atoms with Crippen molar-refractivity contribution in [3.8, 4) is 0 Å². The molecule has 18 heavy (non-hydrogen) atoms. The van der Waals surface area contributed by atoms with Gasteiger partial charge >= 0.3 is 11.0 Å². The maximum atomic E-state index is 11.0. The van der Waals surface area contributed by atoms with Crippen LogP contribution in [0.4, 0.5) is 5.00 Å². The molecule has 1 aromatic heterocycles. The van der Waals surface area contributed by atoms with Gasteiger partial charge in [0.2, 0.25) is 0 Å². The Morgan fingerprint density at radius 2 is 2.44 bits per heavy atom. The molecule has 1 aliphatic rings.